The van der Waals surface area contributed by atoms with E-state index in [1.807, 2.05) is 0 Å². The van der Waals surface area contributed by atoms with E-state index in [-0.39, 0.29) is 40.4 Å². The van der Waals surface area contributed by atoms with E-state index in [1.54, 1.807) is 24.3 Å². The number of carbonyl (C=O) groups excluding carboxylic acids is 4. The number of nitrogens with zero attached hydrogens (tertiary/aromatic N) is 4. The third-order valence-corrected chi connectivity index (χ3v) is 5.74. The monoisotopic (exact) mass is 444 g/mol. The Morgan fingerprint density at radius 1 is 0.758 bits per heavy atom. The minimum atomic E-state index is -1.05. The fraction of sp³-hybridized carbons (Fsp3) is 0.0909. The molecule has 11 heteroatoms. The summed E-state index contributed by atoms with van der Waals surface area (Å²) in [7, 11) is 0. The van der Waals surface area contributed by atoms with Crippen molar-refractivity contribution in [2.24, 2.45) is 5.16 Å². The van der Waals surface area contributed by atoms with Crippen molar-refractivity contribution < 1.29 is 28.5 Å². The molecule has 3 aromatic rings. The highest BCUT2D eigenvalue weighted by Crippen LogP contribution is 2.29. The Morgan fingerprint density at radius 2 is 1.27 bits per heavy atom. The van der Waals surface area contributed by atoms with Crippen LogP contribution in [0.15, 0.2) is 69.3 Å². The maximum Gasteiger partial charge on any atom is 0.313 e. The van der Waals surface area contributed by atoms with Gasteiger partial charge in [-0.05, 0) is 24.3 Å². The number of anilines is 1. The maximum atomic E-state index is 13.1. The topological polar surface area (TPSA) is 131 Å². The molecule has 1 aromatic heterocycles. The molecule has 2 aromatic carbocycles. The number of amides is 4. The largest absolute Gasteiger partial charge is 0.391 e. The first-order valence-corrected chi connectivity index (χ1v) is 9.85. The highest BCUT2D eigenvalue weighted by Gasteiger charge is 2.46. The molecule has 0 spiro atoms. The van der Waals surface area contributed by atoms with Gasteiger partial charge in [0.15, 0.2) is 5.69 Å². The first-order valence-electron chi connectivity index (χ1n) is 9.85. The fourth-order valence-electron chi connectivity index (χ4n) is 4.18. The van der Waals surface area contributed by atoms with Crippen molar-refractivity contribution in [1.82, 2.24) is 9.64 Å². The minimum absolute atomic E-state index is 0.155. The number of aromatic nitrogens is 1. The second-order valence-corrected chi connectivity index (χ2v) is 7.49. The van der Waals surface area contributed by atoms with E-state index < -0.39 is 35.2 Å². The Bertz CT molecular complexity index is 1430. The van der Waals surface area contributed by atoms with Crippen molar-refractivity contribution in [3.05, 3.63) is 87.4 Å². The second kappa shape index (κ2) is 6.60. The van der Waals surface area contributed by atoms with Crippen LogP contribution in [-0.2, 0) is 4.84 Å². The molecule has 0 saturated carbocycles. The van der Waals surface area contributed by atoms with Gasteiger partial charge < -0.3 is 9.36 Å². The van der Waals surface area contributed by atoms with Crippen molar-refractivity contribution in [2.45, 2.75) is 6.04 Å². The van der Waals surface area contributed by atoms with E-state index in [1.165, 1.54) is 24.3 Å². The van der Waals surface area contributed by atoms with Crippen molar-refractivity contribution in [3.63, 3.8) is 0 Å². The molecule has 4 heterocycles. The van der Waals surface area contributed by atoms with Crippen molar-refractivity contribution >= 4 is 35.2 Å². The molecule has 0 aliphatic carbocycles. The standard InChI is InChI=1S/C22H12N4O7/c27-18-11-5-1-2-6-12(11)19(28)24(18)15-9-32-23-17(15)26-22(31)16(10-33-26)25-20(29)13-7-3-4-8-14(13)21(25)30/h1-8,10,15H,9H2. The molecule has 162 valence electrons. The molecule has 6 rings (SSSR count). The Hall–Kier alpha value is -4.80. The summed E-state index contributed by atoms with van der Waals surface area (Å²) in [5.41, 5.74) is -0.396. The van der Waals surface area contributed by atoms with Crippen LogP contribution >= 0.6 is 0 Å². The summed E-state index contributed by atoms with van der Waals surface area (Å²) in [4.78, 5) is 71.1. The van der Waals surface area contributed by atoms with E-state index in [0.29, 0.717) is 4.74 Å². The summed E-state index contributed by atoms with van der Waals surface area (Å²) >= 11 is 0. The zero-order valence-electron chi connectivity index (χ0n) is 16.6. The van der Waals surface area contributed by atoms with Gasteiger partial charge in [-0.3, -0.25) is 28.9 Å². The molecular formula is C22H12N4O7. The number of benzene rings is 2. The van der Waals surface area contributed by atoms with Gasteiger partial charge in [0.25, 0.3) is 23.6 Å². The molecule has 0 bridgehead atoms. The smallest absolute Gasteiger partial charge is 0.313 e. The summed E-state index contributed by atoms with van der Waals surface area (Å²) in [5, 5.41) is 3.79. The van der Waals surface area contributed by atoms with Crippen molar-refractivity contribution in [2.75, 3.05) is 11.5 Å². The Kier molecular flexibility index (Phi) is 3.78. The van der Waals surface area contributed by atoms with Crippen LogP contribution in [-0.4, -0.2) is 51.8 Å². The van der Waals surface area contributed by atoms with E-state index in [4.69, 9.17) is 9.36 Å². The van der Waals surface area contributed by atoms with Crippen LogP contribution < -0.4 is 10.5 Å². The van der Waals surface area contributed by atoms with Crippen LogP contribution in [0.4, 0.5) is 5.69 Å². The van der Waals surface area contributed by atoms with Crippen molar-refractivity contribution in [1.29, 1.82) is 0 Å². The predicted octanol–water partition coefficient (Wildman–Crippen LogP) is 1.10. The zero-order valence-corrected chi connectivity index (χ0v) is 16.6. The number of carbonyl (C=O) groups is 4. The van der Waals surface area contributed by atoms with Gasteiger partial charge in [-0.1, -0.05) is 29.4 Å². The van der Waals surface area contributed by atoms with Crippen LogP contribution in [0.2, 0.25) is 0 Å². The Labute approximate surface area is 184 Å². The van der Waals surface area contributed by atoms with Gasteiger partial charge in [0.1, 0.15) is 18.9 Å². The minimum Gasteiger partial charge on any atom is -0.391 e. The number of hydrogen-bond donors (Lipinski definition) is 0. The molecule has 11 nitrogen and oxygen atoms in total. The molecule has 3 aliphatic heterocycles. The second-order valence-electron chi connectivity index (χ2n) is 7.49. The van der Waals surface area contributed by atoms with E-state index >= 15 is 0 Å². The first kappa shape index (κ1) is 18.9. The molecule has 0 saturated heterocycles. The number of oxime groups is 1. The van der Waals surface area contributed by atoms with Gasteiger partial charge in [-0.15, -0.1) is 4.74 Å². The van der Waals surface area contributed by atoms with Gasteiger partial charge >= 0.3 is 5.56 Å². The van der Waals surface area contributed by atoms with Gasteiger partial charge in [0, 0.05) is 0 Å². The molecule has 0 N–H and O–H groups in total. The lowest BCUT2D eigenvalue weighted by molar-refractivity contribution is 0.0561. The van der Waals surface area contributed by atoms with Gasteiger partial charge in [0.05, 0.1) is 22.3 Å². The number of imide groups is 2. The number of fused-ring (bicyclic) bond motifs is 2. The normalized spacial score (nSPS) is 19.2. The molecule has 0 radical (unpaired) electrons. The molecule has 4 amide bonds. The average molecular weight is 444 g/mol. The average Bonchev–Trinajstić information content (AvgIpc) is 3.56. The van der Waals surface area contributed by atoms with Gasteiger partial charge in [-0.2, -0.15) is 0 Å². The summed E-state index contributed by atoms with van der Waals surface area (Å²) in [5.74, 6) is -2.60. The first-order chi connectivity index (χ1) is 16.0. The maximum absolute atomic E-state index is 13.1. The molecule has 3 aliphatic rings. The highest BCUT2D eigenvalue weighted by atomic mass is 16.6. The summed E-state index contributed by atoms with van der Waals surface area (Å²) in [6, 6.07) is 11.5. The zero-order chi connectivity index (χ0) is 22.9. The van der Waals surface area contributed by atoms with E-state index in [0.717, 1.165) is 16.1 Å². The van der Waals surface area contributed by atoms with E-state index in [9.17, 15) is 24.0 Å². The third-order valence-electron chi connectivity index (χ3n) is 5.74. The predicted molar refractivity (Wildman–Crippen MR) is 110 cm³/mol. The summed E-state index contributed by atoms with van der Waals surface area (Å²) in [6.45, 7) is -0.184. The Morgan fingerprint density at radius 3 is 1.82 bits per heavy atom. The lowest BCUT2D eigenvalue weighted by atomic mass is 10.1. The van der Waals surface area contributed by atoms with Crippen LogP contribution in [0, 0.1) is 0 Å². The molecular weight excluding hydrogens is 432 g/mol. The molecule has 0 fully saturated rings. The quantitative estimate of drug-likeness (QED) is 0.541. The van der Waals surface area contributed by atoms with Crippen molar-refractivity contribution in [3.8, 4) is 0 Å². The lowest BCUT2D eigenvalue weighted by Crippen LogP contribution is -2.48. The summed E-state index contributed by atoms with van der Waals surface area (Å²) < 4.78 is 6.03. The molecule has 1 unspecified atom stereocenters. The number of rotatable bonds is 2. The van der Waals surface area contributed by atoms with Crippen LogP contribution in [0.3, 0.4) is 0 Å². The summed E-state index contributed by atoms with van der Waals surface area (Å²) in [6.07, 6.45) is 0.949. The van der Waals surface area contributed by atoms with Crippen LogP contribution in [0.25, 0.3) is 0 Å². The number of hydrogen-bond acceptors (Lipinski definition) is 8. The van der Waals surface area contributed by atoms with Crippen LogP contribution in [0.1, 0.15) is 41.4 Å². The Balaban J connectivity index is 1.37. The van der Waals surface area contributed by atoms with E-state index in [2.05, 4.69) is 5.16 Å². The highest BCUT2D eigenvalue weighted by molar-refractivity contribution is 6.34. The SMILES string of the molecule is O=C1c2ccccc2C(=O)N1c1con(C2=NOCC2N2C(=O)c3ccccc3C2=O)c1=O. The van der Waals surface area contributed by atoms with Gasteiger partial charge in [-0.25, -0.2) is 4.90 Å². The fourth-order valence-corrected chi connectivity index (χ4v) is 4.18. The molecule has 1 atom stereocenters. The van der Waals surface area contributed by atoms with Crippen LogP contribution in [0.5, 0.6) is 0 Å². The lowest BCUT2D eigenvalue weighted by Gasteiger charge is -2.20. The molecule has 33 heavy (non-hydrogen) atoms. The van der Waals surface area contributed by atoms with Gasteiger partial charge in [0.2, 0.25) is 5.84 Å². The third kappa shape index (κ3) is 2.44.